The van der Waals surface area contributed by atoms with Crippen LogP contribution in [0.2, 0.25) is 0 Å². The second-order valence-electron chi connectivity index (χ2n) is 5.42. The van der Waals surface area contributed by atoms with Crippen LogP contribution in [0.1, 0.15) is 26.2 Å². The Morgan fingerprint density at radius 2 is 2.14 bits per heavy atom. The molecule has 1 atom stereocenters. The second kappa shape index (κ2) is 6.75. The van der Waals surface area contributed by atoms with Gasteiger partial charge in [-0.1, -0.05) is 0 Å². The molecule has 0 bridgehead atoms. The minimum Gasteiger partial charge on any atom is -0.468 e. The number of benzene rings is 1. The maximum atomic E-state index is 13.1. The largest absolute Gasteiger partial charge is 0.468 e. The Labute approximate surface area is 127 Å². The molecule has 0 heterocycles. The van der Waals surface area contributed by atoms with Crippen molar-refractivity contribution >= 4 is 17.7 Å². The minimum atomic E-state index is -0.855. The first-order valence-electron chi connectivity index (χ1n) is 6.88. The Hall–Kier alpha value is -1.14. The first-order valence-corrected chi connectivity index (χ1v) is 7.87. The summed E-state index contributed by atoms with van der Waals surface area (Å²) in [5, 5.41) is 3.30. The van der Waals surface area contributed by atoms with Gasteiger partial charge in [-0.25, -0.2) is 8.78 Å². The summed E-state index contributed by atoms with van der Waals surface area (Å²) < 4.78 is 30.8. The zero-order valence-corrected chi connectivity index (χ0v) is 12.9. The number of carbonyl (C=O) groups excluding carboxylic acids is 1. The molecule has 6 heteroatoms. The lowest BCUT2D eigenvalue weighted by atomic mass is 9.99. The van der Waals surface area contributed by atoms with E-state index >= 15 is 0 Å². The van der Waals surface area contributed by atoms with E-state index in [4.69, 9.17) is 4.74 Å². The molecule has 0 radical (unpaired) electrons. The van der Waals surface area contributed by atoms with Crippen LogP contribution in [0.4, 0.5) is 8.78 Å². The lowest BCUT2D eigenvalue weighted by molar-refractivity contribution is -0.148. The van der Waals surface area contributed by atoms with Crippen molar-refractivity contribution in [2.45, 2.75) is 42.7 Å². The number of carbonyl (C=O) groups is 1. The van der Waals surface area contributed by atoms with Gasteiger partial charge >= 0.3 is 5.97 Å². The highest BCUT2D eigenvalue weighted by atomic mass is 32.2. The highest BCUT2D eigenvalue weighted by Gasteiger charge is 2.38. The van der Waals surface area contributed by atoms with Gasteiger partial charge < -0.3 is 4.74 Å². The number of hydrogen-bond donors (Lipinski definition) is 1. The number of rotatable bonds is 7. The lowest BCUT2D eigenvalue weighted by Crippen LogP contribution is -2.51. The molecule has 0 spiro atoms. The zero-order valence-electron chi connectivity index (χ0n) is 12.1. The first kappa shape index (κ1) is 16.2. The fourth-order valence-electron chi connectivity index (χ4n) is 2.08. The van der Waals surface area contributed by atoms with Crippen LogP contribution in [-0.4, -0.2) is 30.4 Å². The summed E-state index contributed by atoms with van der Waals surface area (Å²) in [5.41, 5.74) is -0.735. The van der Waals surface area contributed by atoms with E-state index in [0.717, 1.165) is 18.9 Å². The number of nitrogens with one attached hydrogen (secondary N) is 1. The van der Waals surface area contributed by atoms with E-state index in [0.29, 0.717) is 23.1 Å². The fourth-order valence-corrected chi connectivity index (χ4v) is 3.17. The molecule has 1 aromatic carbocycles. The number of halogens is 2. The van der Waals surface area contributed by atoms with Gasteiger partial charge in [0.15, 0.2) is 11.6 Å². The molecule has 1 aliphatic carbocycles. The predicted octanol–water partition coefficient (Wildman–Crippen LogP) is 3.13. The molecule has 0 saturated heterocycles. The molecule has 21 heavy (non-hydrogen) atoms. The summed E-state index contributed by atoms with van der Waals surface area (Å²) in [7, 11) is 1.37. The van der Waals surface area contributed by atoms with Gasteiger partial charge in [0.1, 0.15) is 5.54 Å². The van der Waals surface area contributed by atoms with Gasteiger partial charge in [-0.2, -0.15) is 0 Å². The number of ether oxygens (including phenoxy) is 1. The highest BCUT2D eigenvalue weighted by Crippen LogP contribution is 2.28. The maximum absolute atomic E-state index is 13.1. The Balaban J connectivity index is 1.91. The van der Waals surface area contributed by atoms with Crippen LogP contribution in [0, 0.1) is 11.6 Å². The number of esters is 1. The SMILES string of the molecule is COC(=O)C(C)(CCSc1ccc(F)c(F)c1)NC1CC1. The van der Waals surface area contributed by atoms with Crippen LogP contribution in [0.3, 0.4) is 0 Å². The average molecular weight is 315 g/mol. The van der Waals surface area contributed by atoms with Gasteiger partial charge in [0.2, 0.25) is 0 Å². The van der Waals surface area contributed by atoms with Crippen molar-refractivity contribution in [1.29, 1.82) is 0 Å². The highest BCUT2D eigenvalue weighted by molar-refractivity contribution is 7.99. The van der Waals surface area contributed by atoms with Gasteiger partial charge in [0.25, 0.3) is 0 Å². The molecule has 0 aliphatic heterocycles. The van der Waals surface area contributed by atoms with Crippen molar-refractivity contribution in [2.24, 2.45) is 0 Å². The van der Waals surface area contributed by atoms with E-state index in [2.05, 4.69) is 5.32 Å². The lowest BCUT2D eigenvalue weighted by Gasteiger charge is -2.28. The number of methoxy groups -OCH3 is 1. The van der Waals surface area contributed by atoms with Crippen molar-refractivity contribution in [3.8, 4) is 0 Å². The molecule has 1 saturated carbocycles. The predicted molar refractivity (Wildman–Crippen MR) is 78.3 cm³/mol. The van der Waals surface area contributed by atoms with Crippen molar-refractivity contribution in [2.75, 3.05) is 12.9 Å². The topological polar surface area (TPSA) is 38.3 Å². The van der Waals surface area contributed by atoms with Crippen molar-refractivity contribution in [3.05, 3.63) is 29.8 Å². The summed E-state index contributed by atoms with van der Waals surface area (Å²) in [5.74, 6) is -1.39. The van der Waals surface area contributed by atoms with Crippen molar-refractivity contribution in [3.63, 3.8) is 0 Å². The van der Waals surface area contributed by atoms with E-state index in [-0.39, 0.29) is 5.97 Å². The smallest absolute Gasteiger partial charge is 0.325 e. The molecule has 0 aromatic heterocycles. The maximum Gasteiger partial charge on any atom is 0.325 e. The van der Waals surface area contributed by atoms with E-state index in [1.807, 2.05) is 6.92 Å². The monoisotopic (exact) mass is 315 g/mol. The quantitative estimate of drug-likeness (QED) is 0.620. The Kier molecular flexibility index (Phi) is 5.22. The normalized spacial score (nSPS) is 17.3. The molecule has 116 valence electrons. The molecular formula is C15H19F2NO2S. The van der Waals surface area contributed by atoms with Gasteiger partial charge in [-0.3, -0.25) is 10.1 Å². The molecule has 0 amide bonds. The molecule has 3 nitrogen and oxygen atoms in total. The van der Waals surface area contributed by atoms with Crippen LogP contribution in [0.15, 0.2) is 23.1 Å². The van der Waals surface area contributed by atoms with E-state index in [1.54, 1.807) is 0 Å². The summed E-state index contributed by atoms with van der Waals surface area (Å²) >= 11 is 1.39. The Morgan fingerprint density at radius 1 is 1.43 bits per heavy atom. The van der Waals surface area contributed by atoms with Crippen LogP contribution in [-0.2, 0) is 9.53 Å². The third kappa shape index (κ3) is 4.41. The van der Waals surface area contributed by atoms with Crippen LogP contribution in [0.5, 0.6) is 0 Å². The molecule has 1 N–H and O–H groups in total. The van der Waals surface area contributed by atoms with Crippen LogP contribution >= 0.6 is 11.8 Å². The molecular weight excluding hydrogens is 296 g/mol. The summed E-state index contributed by atoms with van der Waals surface area (Å²) in [6.45, 7) is 1.82. The molecule has 1 unspecified atom stereocenters. The average Bonchev–Trinajstić information content (AvgIpc) is 3.25. The summed E-state index contributed by atoms with van der Waals surface area (Å²) in [6.07, 6.45) is 2.70. The Bertz CT molecular complexity index is 522. The van der Waals surface area contributed by atoms with E-state index < -0.39 is 17.2 Å². The van der Waals surface area contributed by atoms with Gasteiger partial charge in [0, 0.05) is 16.7 Å². The van der Waals surface area contributed by atoms with Crippen LogP contribution < -0.4 is 5.32 Å². The molecule has 1 fully saturated rings. The third-order valence-electron chi connectivity index (χ3n) is 3.50. The second-order valence-corrected chi connectivity index (χ2v) is 6.59. The standard InChI is InChI=1S/C15H19F2NO2S/c1-15(14(19)20-2,18-10-3-4-10)7-8-21-11-5-6-12(16)13(17)9-11/h5-6,9-10,18H,3-4,7-8H2,1-2H3. The van der Waals surface area contributed by atoms with Crippen LogP contribution in [0.25, 0.3) is 0 Å². The van der Waals surface area contributed by atoms with E-state index in [1.165, 1.54) is 31.0 Å². The fraction of sp³-hybridized carbons (Fsp3) is 0.533. The minimum absolute atomic E-state index is 0.291. The van der Waals surface area contributed by atoms with Crippen molar-refractivity contribution < 1.29 is 18.3 Å². The molecule has 2 rings (SSSR count). The zero-order chi connectivity index (χ0) is 15.5. The van der Waals surface area contributed by atoms with Gasteiger partial charge in [-0.05, 0) is 44.4 Å². The Morgan fingerprint density at radius 3 is 2.71 bits per heavy atom. The van der Waals surface area contributed by atoms with E-state index in [9.17, 15) is 13.6 Å². The van der Waals surface area contributed by atoms with Crippen molar-refractivity contribution in [1.82, 2.24) is 5.32 Å². The summed E-state index contributed by atoms with van der Waals surface area (Å²) in [4.78, 5) is 12.6. The molecule has 1 aromatic rings. The number of thioether (sulfide) groups is 1. The number of hydrogen-bond acceptors (Lipinski definition) is 4. The van der Waals surface area contributed by atoms with Gasteiger partial charge in [-0.15, -0.1) is 11.8 Å². The third-order valence-corrected chi connectivity index (χ3v) is 4.49. The summed E-state index contributed by atoms with van der Waals surface area (Å²) in [6, 6.07) is 4.19. The first-order chi connectivity index (χ1) is 9.94. The molecule has 1 aliphatic rings. The van der Waals surface area contributed by atoms with Gasteiger partial charge in [0.05, 0.1) is 7.11 Å².